The summed E-state index contributed by atoms with van der Waals surface area (Å²) in [5, 5.41) is 20.6. The van der Waals surface area contributed by atoms with Crippen LogP contribution in [-0.4, -0.2) is 59.5 Å². The summed E-state index contributed by atoms with van der Waals surface area (Å²) < 4.78 is 7.41. The second-order valence-electron chi connectivity index (χ2n) is 5.35. The molecule has 2 aromatic heterocycles. The lowest BCUT2D eigenvalue weighted by molar-refractivity contribution is -0.0288. The minimum atomic E-state index is -1.08. The van der Waals surface area contributed by atoms with Crippen LogP contribution in [0.3, 0.4) is 0 Å². The summed E-state index contributed by atoms with van der Waals surface area (Å²) in [6, 6.07) is 0. The van der Waals surface area contributed by atoms with E-state index in [4.69, 9.17) is 10.5 Å². The summed E-state index contributed by atoms with van der Waals surface area (Å²) in [5.41, 5.74) is 6.67. The summed E-state index contributed by atoms with van der Waals surface area (Å²) in [4.78, 5) is 12.2. The van der Waals surface area contributed by atoms with Crippen LogP contribution in [0.4, 0.5) is 5.82 Å². The zero-order valence-electron chi connectivity index (χ0n) is 13.2. The molecule has 3 rings (SSSR count). The van der Waals surface area contributed by atoms with Gasteiger partial charge in [0, 0.05) is 12.2 Å². The summed E-state index contributed by atoms with van der Waals surface area (Å²) >= 11 is 1.56. The molecule has 0 radical (unpaired) electrons. The summed E-state index contributed by atoms with van der Waals surface area (Å²) in [6.45, 7) is 1.99. The quantitative estimate of drug-likeness (QED) is 0.528. The van der Waals surface area contributed by atoms with Crippen molar-refractivity contribution in [3.63, 3.8) is 0 Å². The van der Waals surface area contributed by atoms with Crippen LogP contribution in [0.2, 0.25) is 0 Å². The van der Waals surface area contributed by atoms with Crippen molar-refractivity contribution in [1.29, 1.82) is 0 Å². The normalized spacial score (nSPS) is 26.5. The Labute approximate surface area is 143 Å². The number of hydrogen-bond donors (Lipinski definition) is 3. The van der Waals surface area contributed by atoms with Crippen LogP contribution in [0.5, 0.6) is 0 Å². The lowest BCUT2D eigenvalue weighted by atomic mass is 10.1. The number of aliphatic hydroxyl groups excluding tert-OH is 2. The minimum absolute atomic E-state index is 0.258. The van der Waals surface area contributed by atoms with Crippen LogP contribution in [0, 0.1) is 11.8 Å². The molecule has 1 saturated heterocycles. The lowest BCUT2D eigenvalue weighted by Crippen LogP contribution is -2.32. The van der Waals surface area contributed by atoms with E-state index in [1.54, 1.807) is 16.3 Å². The number of aromatic nitrogens is 4. The van der Waals surface area contributed by atoms with Gasteiger partial charge in [-0.15, -0.1) is 17.7 Å². The van der Waals surface area contributed by atoms with Gasteiger partial charge in [-0.2, -0.15) is 0 Å². The highest BCUT2D eigenvalue weighted by molar-refractivity contribution is 7.99. The average Bonchev–Trinajstić information content (AvgIpc) is 3.12. The Balaban J connectivity index is 1.73. The Kier molecular flexibility index (Phi) is 5.20. The molecular weight excluding hydrogens is 330 g/mol. The van der Waals surface area contributed by atoms with Gasteiger partial charge in [-0.05, 0) is 0 Å². The van der Waals surface area contributed by atoms with Gasteiger partial charge in [-0.25, -0.2) is 15.0 Å². The lowest BCUT2D eigenvalue weighted by Gasteiger charge is -2.16. The third kappa shape index (κ3) is 3.18. The molecule has 1 fully saturated rings. The number of anilines is 1. The second kappa shape index (κ2) is 7.36. The maximum atomic E-state index is 10.3. The van der Waals surface area contributed by atoms with E-state index in [2.05, 4.69) is 26.8 Å². The number of nitrogens with two attached hydrogens (primary N) is 1. The van der Waals surface area contributed by atoms with E-state index >= 15 is 0 Å². The van der Waals surface area contributed by atoms with Gasteiger partial charge in [0.15, 0.2) is 17.7 Å². The van der Waals surface area contributed by atoms with Gasteiger partial charge in [0.25, 0.3) is 0 Å². The van der Waals surface area contributed by atoms with Crippen molar-refractivity contribution >= 4 is 28.7 Å². The van der Waals surface area contributed by atoms with E-state index in [-0.39, 0.29) is 5.82 Å². The highest BCUT2D eigenvalue weighted by atomic mass is 32.2. The number of rotatable bonds is 4. The summed E-state index contributed by atoms with van der Waals surface area (Å²) in [5.74, 6) is 7.47. The predicted molar refractivity (Wildman–Crippen MR) is 91.1 cm³/mol. The molecular formula is C15H19N5O3S. The molecule has 128 valence electrons. The van der Waals surface area contributed by atoms with Crippen molar-refractivity contribution in [2.24, 2.45) is 0 Å². The zero-order valence-corrected chi connectivity index (χ0v) is 14.0. The van der Waals surface area contributed by atoms with E-state index in [1.807, 2.05) is 6.92 Å². The van der Waals surface area contributed by atoms with Crippen LogP contribution >= 0.6 is 11.8 Å². The molecule has 0 aliphatic carbocycles. The van der Waals surface area contributed by atoms with Gasteiger partial charge < -0.3 is 20.7 Å². The highest BCUT2D eigenvalue weighted by Gasteiger charge is 2.44. The van der Waals surface area contributed by atoms with Crippen LogP contribution < -0.4 is 5.73 Å². The van der Waals surface area contributed by atoms with E-state index in [0.717, 1.165) is 6.42 Å². The highest BCUT2D eigenvalue weighted by Crippen LogP contribution is 2.33. The monoisotopic (exact) mass is 349 g/mol. The second-order valence-corrected chi connectivity index (χ2v) is 6.38. The molecule has 0 amide bonds. The van der Waals surface area contributed by atoms with Crippen LogP contribution in [0.15, 0.2) is 12.7 Å². The van der Waals surface area contributed by atoms with Crippen molar-refractivity contribution in [3.8, 4) is 11.8 Å². The number of ether oxygens (including phenoxy) is 1. The van der Waals surface area contributed by atoms with Gasteiger partial charge in [0.05, 0.1) is 18.2 Å². The van der Waals surface area contributed by atoms with Crippen molar-refractivity contribution in [1.82, 2.24) is 19.5 Å². The molecule has 0 aromatic carbocycles. The van der Waals surface area contributed by atoms with Crippen LogP contribution in [0.25, 0.3) is 11.2 Å². The molecule has 1 aliphatic heterocycles. The van der Waals surface area contributed by atoms with Crippen molar-refractivity contribution in [3.05, 3.63) is 12.7 Å². The van der Waals surface area contributed by atoms with Crippen molar-refractivity contribution in [2.45, 2.75) is 37.9 Å². The average molecular weight is 349 g/mol. The first kappa shape index (κ1) is 17.0. The largest absolute Gasteiger partial charge is 0.387 e. The Morgan fingerprint density at radius 2 is 2.12 bits per heavy atom. The standard InChI is InChI=1S/C15H19N5O3S/c1-2-3-4-5-24-6-9-11(21)12(22)15(23-9)20-8-19-10-13(16)17-7-18-14(10)20/h7-9,11-12,15,21-22H,2,5-6H2,1H3,(H2,16,17,18)/t9-,11?,12?,15-/m1/s1. The fraction of sp³-hybridized carbons (Fsp3) is 0.533. The Morgan fingerprint density at radius 1 is 1.29 bits per heavy atom. The number of aliphatic hydroxyl groups is 2. The molecule has 0 saturated carbocycles. The molecule has 0 bridgehead atoms. The number of imidazole rings is 1. The van der Waals surface area contributed by atoms with Crippen LogP contribution in [0.1, 0.15) is 19.6 Å². The van der Waals surface area contributed by atoms with Crippen molar-refractivity contribution < 1.29 is 14.9 Å². The first-order chi connectivity index (χ1) is 11.6. The fourth-order valence-electron chi connectivity index (χ4n) is 2.56. The summed E-state index contributed by atoms with van der Waals surface area (Å²) in [6.07, 6.45) is 0.306. The molecule has 9 heteroatoms. The van der Waals surface area contributed by atoms with Crippen molar-refractivity contribution in [2.75, 3.05) is 17.2 Å². The number of thioether (sulfide) groups is 1. The summed E-state index contributed by atoms with van der Waals surface area (Å²) in [7, 11) is 0. The van der Waals surface area contributed by atoms with Gasteiger partial charge in [-0.1, -0.05) is 12.8 Å². The van der Waals surface area contributed by atoms with Gasteiger partial charge in [-0.3, -0.25) is 4.57 Å². The third-order valence-electron chi connectivity index (χ3n) is 3.76. The molecule has 8 nitrogen and oxygen atoms in total. The molecule has 0 spiro atoms. The molecule has 2 aromatic rings. The number of nitrogens with zero attached hydrogens (tertiary/aromatic N) is 4. The Morgan fingerprint density at radius 3 is 2.92 bits per heavy atom. The van der Waals surface area contributed by atoms with E-state index in [9.17, 15) is 10.2 Å². The Bertz CT molecular complexity index is 771. The third-order valence-corrected chi connectivity index (χ3v) is 4.67. The number of fused-ring (bicyclic) bond motifs is 1. The predicted octanol–water partition coefficient (Wildman–Crippen LogP) is 0.174. The Hall–Kier alpha value is -1.86. The van der Waals surface area contributed by atoms with Gasteiger partial charge in [0.1, 0.15) is 24.1 Å². The topological polar surface area (TPSA) is 119 Å². The maximum Gasteiger partial charge on any atom is 0.167 e. The zero-order chi connectivity index (χ0) is 17.1. The number of hydrogen-bond acceptors (Lipinski definition) is 8. The molecule has 4 atom stereocenters. The molecule has 3 heterocycles. The maximum absolute atomic E-state index is 10.3. The van der Waals surface area contributed by atoms with E-state index < -0.39 is 24.5 Å². The number of nitrogen functional groups attached to an aromatic ring is 1. The fourth-order valence-corrected chi connectivity index (χ4v) is 3.39. The molecule has 24 heavy (non-hydrogen) atoms. The van der Waals surface area contributed by atoms with Gasteiger partial charge >= 0.3 is 0 Å². The first-order valence-corrected chi connectivity index (χ1v) is 8.77. The first-order valence-electron chi connectivity index (χ1n) is 7.61. The smallest absolute Gasteiger partial charge is 0.167 e. The van der Waals surface area contributed by atoms with Crippen LogP contribution in [-0.2, 0) is 4.74 Å². The SMILES string of the molecule is CCC#CCSC[C@H]1O[C@@H](n2cnc3c(N)ncnc32)C(O)C1O. The van der Waals surface area contributed by atoms with Gasteiger partial charge in [0.2, 0.25) is 0 Å². The van der Waals surface area contributed by atoms with E-state index in [0.29, 0.717) is 22.7 Å². The minimum Gasteiger partial charge on any atom is -0.387 e. The molecule has 2 unspecified atom stereocenters. The molecule has 4 N–H and O–H groups in total. The van der Waals surface area contributed by atoms with E-state index in [1.165, 1.54) is 12.7 Å². The molecule has 1 aliphatic rings.